The molecule has 13 heteroatoms. The minimum absolute atomic E-state index is 0.00643. The summed E-state index contributed by atoms with van der Waals surface area (Å²) in [6.07, 6.45) is -3.55. The second-order valence-electron chi connectivity index (χ2n) is 16.8. The van der Waals surface area contributed by atoms with Crippen molar-refractivity contribution >= 4 is 11.6 Å². The largest absolute Gasteiger partial charge is 0.394 e. The van der Waals surface area contributed by atoms with Gasteiger partial charge in [0, 0.05) is 51.6 Å². The number of hydrogen-bond acceptors (Lipinski definition) is 13. The van der Waals surface area contributed by atoms with E-state index in [1.807, 2.05) is 0 Å². The number of ether oxygens (including phenoxy) is 7. The van der Waals surface area contributed by atoms with Gasteiger partial charge in [-0.25, -0.2) is 0 Å². The zero-order chi connectivity index (χ0) is 37.6. The third-order valence-corrected chi connectivity index (χ3v) is 13.1. The van der Waals surface area contributed by atoms with E-state index in [1.54, 1.807) is 7.11 Å². The summed E-state index contributed by atoms with van der Waals surface area (Å²) in [5.74, 6) is -0.221. The molecule has 18 atom stereocenters. The first kappa shape index (κ1) is 39.6. The highest BCUT2D eigenvalue weighted by molar-refractivity contribution is 5.79. The van der Waals surface area contributed by atoms with Gasteiger partial charge in [0.1, 0.15) is 42.1 Å². The molecule has 0 saturated carbocycles. The Morgan fingerprint density at radius 3 is 2.23 bits per heavy atom. The van der Waals surface area contributed by atoms with Gasteiger partial charge in [0.15, 0.2) is 0 Å². The molecular formula is C40H60O13. The number of carbonyl (C=O) groups is 2. The molecule has 0 aromatic rings. The summed E-state index contributed by atoms with van der Waals surface area (Å²) >= 11 is 0. The van der Waals surface area contributed by atoms with Gasteiger partial charge in [0.25, 0.3) is 0 Å². The molecule has 7 heterocycles. The number of ketones is 2. The average molecular weight is 749 g/mol. The standard InChI is InChI=1S/C40H60O13/c1-19-11-26-7-9-29-20(2)12-25(48-29)6-5-22(42)15-33-35(45)39-40(53-33)36(46)38-30(52-39)10-8-27(50-38)13-23(43)14-28-32(17-31(49-26)21(19)3)51-34(37(28)47-4)16-24(44)18-41/h19,24-41,44-46H,2-3,5-18H2,1,4H3/t19-,24+,25+,26+,27-,28+,29+,30+,31-,32?,33?,34-,35+,36+,37-,38+,39?,40+/m1/s1. The third kappa shape index (κ3) is 8.56. The predicted octanol–water partition coefficient (Wildman–Crippen LogP) is 2.27. The van der Waals surface area contributed by atoms with Crippen LogP contribution in [0, 0.1) is 11.8 Å². The second kappa shape index (κ2) is 16.9. The lowest BCUT2D eigenvalue weighted by Gasteiger charge is -2.46. The lowest BCUT2D eigenvalue weighted by atomic mass is 9.81. The van der Waals surface area contributed by atoms with Gasteiger partial charge in [-0.15, -0.1) is 0 Å². The van der Waals surface area contributed by atoms with E-state index < -0.39 is 79.9 Å². The van der Waals surface area contributed by atoms with Gasteiger partial charge < -0.3 is 53.6 Å². The van der Waals surface area contributed by atoms with Crippen LogP contribution in [-0.4, -0.2) is 143 Å². The Morgan fingerprint density at radius 2 is 1.45 bits per heavy atom. The highest BCUT2D eigenvalue weighted by Crippen LogP contribution is 2.43. The van der Waals surface area contributed by atoms with Crippen LogP contribution >= 0.6 is 0 Å². The number of aliphatic hydroxyl groups is 4. The Bertz CT molecular complexity index is 1340. The molecule has 3 unspecified atom stereocenters. The van der Waals surface area contributed by atoms with Crippen LogP contribution in [0.2, 0.25) is 0 Å². The van der Waals surface area contributed by atoms with Crippen molar-refractivity contribution in [1.82, 2.24) is 0 Å². The second-order valence-corrected chi connectivity index (χ2v) is 16.8. The van der Waals surface area contributed by atoms with Crippen molar-refractivity contribution in [3.05, 3.63) is 24.3 Å². The molecule has 0 radical (unpaired) electrons. The van der Waals surface area contributed by atoms with E-state index in [4.69, 9.17) is 33.2 Å². The fourth-order valence-electron chi connectivity index (χ4n) is 10.1. The first-order valence-electron chi connectivity index (χ1n) is 19.9. The number of hydrogen-bond donors (Lipinski definition) is 4. The highest BCUT2D eigenvalue weighted by Gasteiger charge is 2.57. The van der Waals surface area contributed by atoms with Gasteiger partial charge in [0.2, 0.25) is 0 Å². The van der Waals surface area contributed by atoms with Crippen molar-refractivity contribution in [2.24, 2.45) is 11.8 Å². The van der Waals surface area contributed by atoms with E-state index in [1.165, 1.54) is 0 Å². The topological polar surface area (TPSA) is 180 Å². The fourth-order valence-corrected chi connectivity index (χ4v) is 10.1. The summed E-state index contributed by atoms with van der Waals surface area (Å²) in [5, 5.41) is 42.6. The van der Waals surface area contributed by atoms with E-state index in [0.29, 0.717) is 32.1 Å². The van der Waals surface area contributed by atoms with Gasteiger partial charge in [0.05, 0.1) is 73.8 Å². The molecule has 7 aliphatic rings. The van der Waals surface area contributed by atoms with Crippen molar-refractivity contribution < 1.29 is 63.2 Å². The summed E-state index contributed by atoms with van der Waals surface area (Å²) < 4.78 is 44.3. The van der Waals surface area contributed by atoms with E-state index >= 15 is 0 Å². The van der Waals surface area contributed by atoms with Crippen LogP contribution in [0.25, 0.3) is 0 Å². The molecule has 0 aromatic carbocycles. The van der Waals surface area contributed by atoms with Gasteiger partial charge in [-0.2, -0.15) is 0 Å². The number of Topliss-reactive ketones (excluding diaryl/α,β-unsaturated/α-hetero) is 2. The van der Waals surface area contributed by atoms with Crippen molar-refractivity contribution in [3.63, 3.8) is 0 Å². The minimum Gasteiger partial charge on any atom is -0.394 e. The van der Waals surface area contributed by atoms with Gasteiger partial charge in [-0.1, -0.05) is 20.1 Å². The molecule has 0 spiro atoms. The molecule has 53 heavy (non-hydrogen) atoms. The maximum absolute atomic E-state index is 13.9. The van der Waals surface area contributed by atoms with Crippen LogP contribution in [0.4, 0.5) is 0 Å². The highest BCUT2D eigenvalue weighted by atomic mass is 16.6. The molecule has 7 rings (SSSR count). The Kier molecular flexibility index (Phi) is 12.6. The molecule has 13 nitrogen and oxygen atoms in total. The van der Waals surface area contributed by atoms with E-state index in [2.05, 4.69) is 20.1 Å². The van der Waals surface area contributed by atoms with Crippen LogP contribution in [0.1, 0.15) is 90.4 Å². The molecule has 298 valence electrons. The zero-order valence-corrected chi connectivity index (χ0v) is 31.2. The van der Waals surface area contributed by atoms with Crippen molar-refractivity contribution in [2.45, 2.75) is 188 Å². The predicted molar refractivity (Wildman–Crippen MR) is 189 cm³/mol. The molecule has 7 fully saturated rings. The Hall–Kier alpha value is -1.62. The molecule has 7 aliphatic heterocycles. The maximum atomic E-state index is 13.9. The van der Waals surface area contributed by atoms with Crippen LogP contribution in [0.15, 0.2) is 24.3 Å². The van der Waals surface area contributed by atoms with Crippen LogP contribution < -0.4 is 0 Å². The molecule has 4 N–H and O–H groups in total. The number of methoxy groups -OCH3 is 1. The SMILES string of the molecule is C=C1C[C@@H]2CCC(=O)CC3O[C@@H]4C(O[C@H]5CC[C@H](CC(=O)C[C@H]6C(C[C@H]7O[C@@H](CC[C@@H]1O2)C[C@@H](C)C7=C)O[C@H](C[C@H](O)CO)[C@@H]6OC)O[C@@H]5[C@@H]4O)[C@H]3O. The monoisotopic (exact) mass is 748 g/mol. The van der Waals surface area contributed by atoms with Crippen LogP contribution in [0.3, 0.4) is 0 Å². The third-order valence-electron chi connectivity index (χ3n) is 13.1. The molecule has 8 bridgehead atoms. The van der Waals surface area contributed by atoms with Crippen LogP contribution in [0.5, 0.6) is 0 Å². The summed E-state index contributed by atoms with van der Waals surface area (Å²) in [6.45, 7) is 10.4. The van der Waals surface area contributed by atoms with E-state index in [-0.39, 0.29) is 79.9 Å². The quantitative estimate of drug-likeness (QED) is 0.308. The van der Waals surface area contributed by atoms with Crippen molar-refractivity contribution in [3.8, 4) is 0 Å². The van der Waals surface area contributed by atoms with Gasteiger partial charge in [-0.05, 0) is 62.0 Å². The van der Waals surface area contributed by atoms with Crippen LogP contribution in [-0.2, 0) is 42.7 Å². The smallest absolute Gasteiger partial charge is 0.135 e. The summed E-state index contributed by atoms with van der Waals surface area (Å²) in [7, 11) is 1.58. The normalized spacial score (nSPS) is 47.7. The molecule has 0 aliphatic carbocycles. The number of rotatable bonds is 4. The Balaban J connectivity index is 1.11. The van der Waals surface area contributed by atoms with E-state index in [9.17, 15) is 30.0 Å². The maximum Gasteiger partial charge on any atom is 0.135 e. The fraction of sp³-hybridized carbons (Fsp3) is 0.850. The van der Waals surface area contributed by atoms with Gasteiger partial charge >= 0.3 is 0 Å². The van der Waals surface area contributed by atoms with Crippen molar-refractivity contribution in [2.75, 3.05) is 13.7 Å². The first-order valence-corrected chi connectivity index (χ1v) is 19.9. The molecule has 7 saturated heterocycles. The molecule has 0 aromatic heterocycles. The number of fused-ring (bicyclic) bond motifs is 7. The minimum atomic E-state index is -1.10. The summed E-state index contributed by atoms with van der Waals surface area (Å²) in [6, 6.07) is 0. The average Bonchev–Trinajstić information content (AvgIpc) is 3.76. The number of aliphatic hydroxyl groups excluding tert-OH is 4. The van der Waals surface area contributed by atoms with Gasteiger partial charge in [-0.3, -0.25) is 9.59 Å². The number of carbonyl (C=O) groups excluding carboxylic acids is 2. The Morgan fingerprint density at radius 1 is 0.736 bits per heavy atom. The summed E-state index contributed by atoms with van der Waals surface area (Å²) in [5.41, 5.74) is 2.00. The Labute approximate surface area is 312 Å². The zero-order valence-electron chi connectivity index (χ0n) is 31.2. The lowest BCUT2D eigenvalue weighted by Crippen LogP contribution is -2.61. The lowest BCUT2D eigenvalue weighted by molar-refractivity contribution is -0.259. The summed E-state index contributed by atoms with van der Waals surface area (Å²) in [4.78, 5) is 27.0. The van der Waals surface area contributed by atoms with E-state index in [0.717, 1.165) is 30.4 Å². The van der Waals surface area contributed by atoms with Crippen molar-refractivity contribution in [1.29, 1.82) is 0 Å². The first-order chi connectivity index (χ1) is 25.4. The molecular weight excluding hydrogens is 688 g/mol. The molecule has 0 amide bonds.